The van der Waals surface area contributed by atoms with Crippen LogP contribution in [-0.4, -0.2) is 40.7 Å². The molecule has 1 N–H and O–H groups in total. The van der Waals surface area contributed by atoms with Crippen LogP contribution in [0, 0.1) is 0 Å². The molecule has 2 aliphatic rings. The van der Waals surface area contributed by atoms with E-state index in [-0.39, 0.29) is 11.3 Å². The first-order chi connectivity index (χ1) is 11.2. The zero-order valence-electron chi connectivity index (χ0n) is 12.6. The first-order valence-electron chi connectivity index (χ1n) is 7.69. The zero-order valence-corrected chi connectivity index (χ0v) is 13.4. The number of aromatic nitrogens is 2. The fraction of sp³-hybridized carbons (Fsp3) is 0.438. The maximum Gasteiger partial charge on any atom is 0.356 e. The summed E-state index contributed by atoms with van der Waals surface area (Å²) in [5, 5.41) is 11.2. The number of carboxylic acids is 1. The van der Waals surface area contributed by atoms with Crippen LogP contribution in [0.1, 0.15) is 33.8 Å². The first-order valence-corrected chi connectivity index (χ1v) is 8.57. The third-order valence-corrected chi connectivity index (χ3v) is 5.79. The summed E-state index contributed by atoms with van der Waals surface area (Å²) in [5.41, 5.74) is 1.23. The highest BCUT2D eigenvalue weighted by molar-refractivity contribution is 7.10. The molecule has 4 heterocycles. The van der Waals surface area contributed by atoms with Crippen molar-refractivity contribution in [1.82, 2.24) is 9.97 Å². The van der Waals surface area contributed by atoms with Gasteiger partial charge in [0, 0.05) is 18.0 Å². The fourth-order valence-corrected chi connectivity index (χ4v) is 4.60. The Morgan fingerprint density at radius 1 is 1.35 bits per heavy atom. The van der Waals surface area contributed by atoms with E-state index in [1.807, 2.05) is 0 Å². The van der Waals surface area contributed by atoms with E-state index in [2.05, 4.69) is 26.3 Å². The summed E-state index contributed by atoms with van der Waals surface area (Å²) in [6.45, 7) is 2.35. The van der Waals surface area contributed by atoms with Crippen LogP contribution in [0.4, 0.5) is 5.82 Å². The van der Waals surface area contributed by atoms with E-state index >= 15 is 0 Å². The first kappa shape index (κ1) is 14.6. The Balaban J connectivity index is 1.54. The molecule has 0 saturated carbocycles. The molecule has 7 heteroatoms. The van der Waals surface area contributed by atoms with E-state index in [1.165, 1.54) is 16.6 Å². The Bertz CT molecular complexity index is 738. The standard InChI is InChI=1S/C16H17N3O3S/c20-15(21)12-9-17-10-13(18-12)19-5-3-16(4-6-19)14-11(1-7-22-16)2-8-23-14/h2,8-10H,1,3-7H2,(H,20,21). The highest BCUT2D eigenvalue weighted by atomic mass is 32.1. The number of carboxylic acid groups (broad SMARTS) is 1. The average Bonchev–Trinajstić information content (AvgIpc) is 3.06. The lowest BCUT2D eigenvalue weighted by Gasteiger charge is -2.44. The molecule has 120 valence electrons. The summed E-state index contributed by atoms with van der Waals surface area (Å²) in [6, 6.07) is 2.21. The van der Waals surface area contributed by atoms with Crippen molar-refractivity contribution >= 4 is 23.1 Å². The maximum atomic E-state index is 11.0. The van der Waals surface area contributed by atoms with Crippen LogP contribution in [0.3, 0.4) is 0 Å². The Morgan fingerprint density at radius 3 is 2.96 bits per heavy atom. The van der Waals surface area contributed by atoms with Gasteiger partial charge in [0.25, 0.3) is 0 Å². The number of hydrogen-bond donors (Lipinski definition) is 1. The van der Waals surface area contributed by atoms with Gasteiger partial charge in [0.2, 0.25) is 0 Å². The summed E-state index contributed by atoms with van der Waals surface area (Å²) in [6.07, 6.45) is 5.68. The quantitative estimate of drug-likeness (QED) is 0.910. The maximum absolute atomic E-state index is 11.0. The van der Waals surface area contributed by atoms with Crippen LogP contribution in [0.25, 0.3) is 0 Å². The molecule has 2 aromatic heterocycles. The van der Waals surface area contributed by atoms with Crippen LogP contribution < -0.4 is 4.90 Å². The number of ether oxygens (including phenoxy) is 1. The van der Waals surface area contributed by atoms with Gasteiger partial charge in [0.05, 0.1) is 19.0 Å². The van der Waals surface area contributed by atoms with Gasteiger partial charge >= 0.3 is 5.97 Å². The van der Waals surface area contributed by atoms with Gasteiger partial charge in [0.1, 0.15) is 11.4 Å². The molecule has 23 heavy (non-hydrogen) atoms. The van der Waals surface area contributed by atoms with Gasteiger partial charge in [-0.25, -0.2) is 9.78 Å². The van der Waals surface area contributed by atoms with E-state index in [9.17, 15) is 4.79 Å². The second-order valence-electron chi connectivity index (χ2n) is 5.92. The van der Waals surface area contributed by atoms with Crippen molar-refractivity contribution in [3.05, 3.63) is 40.0 Å². The zero-order chi connectivity index (χ0) is 15.9. The van der Waals surface area contributed by atoms with E-state index in [1.54, 1.807) is 17.5 Å². The largest absolute Gasteiger partial charge is 0.476 e. The Labute approximate surface area is 137 Å². The number of thiophene rings is 1. The van der Waals surface area contributed by atoms with Crippen LogP contribution in [0.5, 0.6) is 0 Å². The molecule has 0 radical (unpaired) electrons. The monoisotopic (exact) mass is 331 g/mol. The molecule has 0 aromatic carbocycles. The fourth-order valence-electron chi connectivity index (χ4n) is 3.43. The van der Waals surface area contributed by atoms with Gasteiger partial charge in [-0.15, -0.1) is 11.3 Å². The second-order valence-corrected chi connectivity index (χ2v) is 6.84. The van der Waals surface area contributed by atoms with Crippen molar-refractivity contribution in [3.63, 3.8) is 0 Å². The summed E-state index contributed by atoms with van der Waals surface area (Å²) < 4.78 is 6.19. The summed E-state index contributed by atoms with van der Waals surface area (Å²) in [5.74, 6) is -0.423. The van der Waals surface area contributed by atoms with Crippen LogP contribution in [0.2, 0.25) is 0 Å². The van der Waals surface area contributed by atoms with Crippen molar-refractivity contribution in [2.45, 2.75) is 24.9 Å². The molecular weight excluding hydrogens is 314 g/mol. The molecule has 0 bridgehead atoms. The van der Waals surface area contributed by atoms with Crippen LogP contribution in [-0.2, 0) is 16.8 Å². The van der Waals surface area contributed by atoms with E-state index in [4.69, 9.17) is 9.84 Å². The highest BCUT2D eigenvalue weighted by Crippen LogP contribution is 2.44. The van der Waals surface area contributed by atoms with Gasteiger partial charge in [-0.2, -0.15) is 0 Å². The molecule has 0 amide bonds. The van der Waals surface area contributed by atoms with E-state index in [0.717, 1.165) is 39.0 Å². The normalized spacial score (nSPS) is 19.6. The molecule has 1 spiro atoms. The second kappa shape index (κ2) is 5.58. The summed E-state index contributed by atoms with van der Waals surface area (Å²) in [4.78, 5) is 22.7. The topological polar surface area (TPSA) is 75.5 Å². The van der Waals surface area contributed by atoms with Crippen molar-refractivity contribution in [1.29, 1.82) is 0 Å². The third kappa shape index (κ3) is 2.49. The lowest BCUT2D eigenvalue weighted by Crippen LogP contribution is -2.46. The number of aromatic carboxylic acids is 1. The molecule has 0 aliphatic carbocycles. The lowest BCUT2D eigenvalue weighted by molar-refractivity contribution is -0.0735. The summed E-state index contributed by atoms with van der Waals surface area (Å²) in [7, 11) is 0. The molecule has 0 atom stereocenters. The number of carbonyl (C=O) groups is 1. The molecule has 6 nitrogen and oxygen atoms in total. The number of fused-ring (bicyclic) bond motifs is 2. The Kier molecular flexibility index (Phi) is 3.54. The van der Waals surface area contributed by atoms with Crippen molar-refractivity contribution in [3.8, 4) is 0 Å². The minimum Gasteiger partial charge on any atom is -0.476 e. The van der Waals surface area contributed by atoms with Crippen LogP contribution >= 0.6 is 11.3 Å². The Morgan fingerprint density at radius 2 is 2.17 bits per heavy atom. The molecule has 4 rings (SSSR count). The molecule has 2 aromatic rings. The number of hydrogen-bond acceptors (Lipinski definition) is 6. The number of rotatable bonds is 2. The predicted molar refractivity (Wildman–Crippen MR) is 86.1 cm³/mol. The number of anilines is 1. The highest BCUT2D eigenvalue weighted by Gasteiger charge is 2.42. The van der Waals surface area contributed by atoms with E-state index in [0.29, 0.717) is 5.82 Å². The smallest absolute Gasteiger partial charge is 0.356 e. The lowest BCUT2D eigenvalue weighted by atomic mass is 9.85. The number of nitrogens with zero attached hydrogens (tertiary/aromatic N) is 3. The van der Waals surface area contributed by atoms with Gasteiger partial charge < -0.3 is 14.7 Å². The number of piperidine rings is 1. The predicted octanol–water partition coefficient (Wildman–Crippen LogP) is 2.30. The van der Waals surface area contributed by atoms with Gasteiger partial charge in [0.15, 0.2) is 5.69 Å². The SMILES string of the molecule is O=C(O)c1cncc(N2CCC3(CC2)OCCc2ccsc23)n1. The summed E-state index contributed by atoms with van der Waals surface area (Å²) >= 11 is 1.78. The van der Waals surface area contributed by atoms with Gasteiger partial charge in [-0.05, 0) is 36.3 Å². The van der Waals surface area contributed by atoms with Gasteiger partial charge in [-0.3, -0.25) is 4.98 Å². The Hall–Kier alpha value is -1.99. The molecular formula is C16H17N3O3S. The average molecular weight is 331 g/mol. The van der Waals surface area contributed by atoms with Crippen molar-refractivity contribution in [2.75, 3.05) is 24.6 Å². The minimum atomic E-state index is -1.05. The molecule has 2 aliphatic heterocycles. The van der Waals surface area contributed by atoms with Crippen molar-refractivity contribution in [2.24, 2.45) is 0 Å². The molecule has 1 saturated heterocycles. The van der Waals surface area contributed by atoms with E-state index < -0.39 is 5.97 Å². The molecule has 1 fully saturated rings. The molecule has 0 unspecified atom stereocenters. The minimum absolute atomic E-state index is 0.0164. The van der Waals surface area contributed by atoms with Gasteiger partial charge in [-0.1, -0.05) is 0 Å². The third-order valence-electron chi connectivity index (χ3n) is 4.65. The van der Waals surface area contributed by atoms with Crippen molar-refractivity contribution < 1.29 is 14.6 Å². The van der Waals surface area contributed by atoms with Crippen LogP contribution in [0.15, 0.2) is 23.8 Å².